The Labute approximate surface area is 130 Å². The summed E-state index contributed by atoms with van der Waals surface area (Å²) in [5.74, 6) is -0.0278. The second kappa shape index (κ2) is 6.46. The molecule has 0 unspecified atom stereocenters. The van der Waals surface area contributed by atoms with Crippen LogP contribution in [-0.4, -0.2) is 55.6 Å². The molecule has 3 rings (SSSR count). The van der Waals surface area contributed by atoms with E-state index in [0.29, 0.717) is 31.9 Å². The number of rotatable bonds is 2. The first-order chi connectivity index (χ1) is 10.6. The molecular formula is C16H21N3O3. The highest BCUT2D eigenvalue weighted by molar-refractivity contribution is 6.04. The van der Waals surface area contributed by atoms with Crippen molar-refractivity contribution in [3.63, 3.8) is 0 Å². The Bertz CT molecular complexity index is 570. The van der Waals surface area contributed by atoms with Crippen LogP contribution in [0.2, 0.25) is 0 Å². The van der Waals surface area contributed by atoms with Crippen molar-refractivity contribution in [2.75, 3.05) is 43.1 Å². The SMILES string of the molecule is C[C@H]1CC(=O)Nc2ccccc2N1C(=O)CN1CCOCC1. The van der Waals surface area contributed by atoms with Gasteiger partial charge in [0, 0.05) is 25.6 Å². The van der Waals surface area contributed by atoms with Crippen molar-refractivity contribution in [3.05, 3.63) is 24.3 Å². The Balaban J connectivity index is 1.83. The number of hydrogen-bond acceptors (Lipinski definition) is 4. The lowest BCUT2D eigenvalue weighted by Crippen LogP contribution is -2.47. The Hall–Kier alpha value is -1.92. The predicted molar refractivity (Wildman–Crippen MR) is 83.9 cm³/mol. The molecule has 1 aromatic rings. The van der Waals surface area contributed by atoms with Crippen LogP contribution in [0.4, 0.5) is 11.4 Å². The van der Waals surface area contributed by atoms with Crippen LogP contribution < -0.4 is 10.2 Å². The third-order valence-electron chi connectivity index (χ3n) is 4.09. The zero-order valence-electron chi connectivity index (χ0n) is 12.7. The summed E-state index contributed by atoms with van der Waals surface area (Å²) in [4.78, 5) is 28.6. The van der Waals surface area contributed by atoms with E-state index in [1.165, 1.54) is 0 Å². The first-order valence-electron chi connectivity index (χ1n) is 7.66. The molecule has 6 heteroatoms. The molecule has 1 atom stereocenters. The number of carbonyl (C=O) groups is 2. The van der Waals surface area contributed by atoms with Gasteiger partial charge in [-0.15, -0.1) is 0 Å². The molecule has 2 heterocycles. The zero-order chi connectivity index (χ0) is 15.5. The number of anilines is 2. The van der Waals surface area contributed by atoms with Crippen LogP contribution in [0, 0.1) is 0 Å². The Morgan fingerprint density at radius 1 is 1.32 bits per heavy atom. The lowest BCUT2D eigenvalue weighted by molar-refractivity contribution is -0.121. The molecule has 22 heavy (non-hydrogen) atoms. The molecule has 1 fully saturated rings. The van der Waals surface area contributed by atoms with Crippen LogP contribution in [0.25, 0.3) is 0 Å². The average Bonchev–Trinajstić information content (AvgIpc) is 2.62. The van der Waals surface area contributed by atoms with E-state index in [1.807, 2.05) is 31.2 Å². The van der Waals surface area contributed by atoms with Crippen molar-refractivity contribution in [2.24, 2.45) is 0 Å². The topological polar surface area (TPSA) is 61.9 Å². The standard InChI is InChI=1S/C16H21N3O3/c1-12-10-15(20)17-13-4-2-3-5-14(13)19(12)16(21)11-18-6-8-22-9-7-18/h2-5,12H,6-11H2,1H3,(H,17,20)/t12-/m0/s1. The third-order valence-corrected chi connectivity index (χ3v) is 4.09. The molecule has 0 saturated carbocycles. The molecule has 2 amide bonds. The van der Waals surface area contributed by atoms with Crippen LogP contribution >= 0.6 is 0 Å². The van der Waals surface area contributed by atoms with Gasteiger partial charge in [-0.25, -0.2) is 0 Å². The first kappa shape index (κ1) is 15.0. The largest absolute Gasteiger partial charge is 0.379 e. The van der Waals surface area contributed by atoms with Crippen LogP contribution in [0.15, 0.2) is 24.3 Å². The smallest absolute Gasteiger partial charge is 0.241 e. The molecule has 1 saturated heterocycles. The number of carbonyl (C=O) groups excluding carboxylic acids is 2. The summed E-state index contributed by atoms with van der Waals surface area (Å²) < 4.78 is 5.32. The highest BCUT2D eigenvalue weighted by Gasteiger charge is 2.30. The fourth-order valence-corrected chi connectivity index (χ4v) is 2.99. The van der Waals surface area contributed by atoms with Crippen molar-refractivity contribution in [1.29, 1.82) is 0 Å². The average molecular weight is 303 g/mol. The molecule has 0 bridgehead atoms. The quantitative estimate of drug-likeness (QED) is 0.888. The monoisotopic (exact) mass is 303 g/mol. The van der Waals surface area contributed by atoms with E-state index in [2.05, 4.69) is 10.2 Å². The number of nitrogens with zero attached hydrogens (tertiary/aromatic N) is 2. The van der Waals surface area contributed by atoms with Gasteiger partial charge in [-0.05, 0) is 19.1 Å². The molecule has 118 valence electrons. The normalized spacial score (nSPS) is 22.7. The van der Waals surface area contributed by atoms with Gasteiger partial charge in [0.1, 0.15) is 0 Å². The number of ether oxygens (including phenoxy) is 1. The highest BCUT2D eigenvalue weighted by Crippen LogP contribution is 2.31. The molecule has 0 aromatic heterocycles. The minimum Gasteiger partial charge on any atom is -0.379 e. The van der Waals surface area contributed by atoms with E-state index in [1.54, 1.807) is 4.90 Å². The van der Waals surface area contributed by atoms with Gasteiger partial charge < -0.3 is 15.0 Å². The van der Waals surface area contributed by atoms with E-state index < -0.39 is 0 Å². The maximum absolute atomic E-state index is 12.8. The van der Waals surface area contributed by atoms with Gasteiger partial charge in [0.05, 0.1) is 31.1 Å². The van der Waals surface area contributed by atoms with Gasteiger partial charge >= 0.3 is 0 Å². The maximum Gasteiger partial charge on any atom is 0.241 e. The number of amides is 2. The van der Waals surface area contributed by atoms with Crippen LogP contribution in [0.3, 0.4) is 0 Å². The third kappa shape index (κ3) is 3.13. The van der Waals surface area contributed by atoms with Gasteiger partial charge in [0.15, 0.2) is 0 Å². The molecule has 2 aliphatic heterocycles. The minimum atomic E-state index is -0.155. The van der Waals surface area contributed by atoms with E-state index in [9.17, 15) is 9.59 Å². The van der Waals surface area contributed by atoms with Crippen molar-refractivity contribution in [2.45, 2.75) is 19.4 Å². The van der Waals surface area contributed by atoms with Gasteiger partial charge in [-0.3, -0.25) is 14.5 Å². The molecule has 0 aliphatic carbocycles. The van der Waals surface area contributed by atoms with E-state index >= 15 is 0 Å². The van der Waals surface area contributed by atoms with Crippen molar-refractivity contribution in [1.82, 2.24) is 4.90 Å². The lowest BCUT2D eigenvalue weighted by atomic mass is 10.1. The van der Waals surface area contributed by atoms with Crippen molar-refractivity contribution < 1.29 is 14.3 Å². The fourth-order valence-electron chi connectivity index (χ4n) is 2.99. The van der Waals surface area contributed by atoms with Gasteiger partial charge in [0.2, 0.25) is 11.8 Å². The summed E-state index contributed by atoms with van der Waals surface area (Å²) in [6, 6.07) is 7.31. The number of para-hydroxylation sites is 2. The molecule has 0 spiro atoms. The first-order valence-corrected chi connectivity index (χ1v) is 7.66. The van der Waals surface area contributed by atoms with Gasteiger partial charge in [-0.2, -0.15) is 0 Å². The highest BCUT2D eigenvalue weighted by atomic mass is 16.5. The summed E-state index contributed by atoms with van der Waals surface area (Å²) in [5.41, 5.74) is 1.48. The second-order valence-corrected chi connectivity index (χ2v) is 5.77. The number of morpholine rings is 1. The molecule has 6 nitrogen and oxygen atoms in total. The predicted octanol–water partition coefficient (Wildman–Crippen LogP) is 1.08. The summed E-state index contributed by atoms with van der Waals surface area (Å²) >= 11 is 0. The fraction of sp³-hybridized carbons (Fsp3) is 0.500. The van der Waals surface area contributed by atoms with Crippen LogP contribution in [0.1, 0.15) is 13.3 Å². The second-order valence-electron chi connectivity index (χ2n) is 5.77. The molecular weight excluding hydrogens is 282 g/mol. The van der Waals surface area contributed by atoms with E-state index in [-0.39, 0.29) is 17.9 Å². The molecule has 0 radical (unpaired) electrons. The number of fused-ring (bicyclic) bond motifs is 1. The summed E-state index contributed by atoms with van der Waals surface area (Å²) in [7, 11) is 0. The zero-order valence-corrected chi connectivity index (χ0v) is 12.7. The number of benzene rings is 1. The van der Waals surface area contributed by atoms with Crippen molar-refractivity contribution in [3.8, 4) is 0 Å². The summed E-state index contributed by atoms with van der Waals surface area (Å²) in [5, 5.41) is 2.87. The Kier molecular flexibility index (Phi) is 4.40. The number of hydrogen-bond donors (Lipinski definition) is 1. The van der Waals surface area contributed by atoms with Crippen LogP contribution in [0.5, 0.6) is 0 Å². The van der Waals surface area contributed by atoms with Gasteiger partial charge in [0.25, 0.3) is 0 Å². The Morgan fingerprint density at radius 3 is 2.82 bits per heavy atom. The molecule has 1 aromatic carbocycles. The number of nitrogens with one attached hydrogen (secondary N) is 1. The van der Waals surface area contributed by atoms with Gasteiger partial charge in [-0.1, -0.05) is 12.1 Å². The van der Waals surface area contributed by atoms with Crippen molar-refractivity contribution >= 4 is 23.2 Å². The van der Waals surface area contributed by atoms with E-state index in [4.69, 9.17) is 4.74 Å². The molecule has 1 N–H and O–H groups in total. The molecule has 2 aliphatic rings. The van der Waals surface area contributed by atoms with Crippen LogP contribution in [-0.2, 0) is 14.3 Å². The maximum atomic E-state index is 12.8. The van der Waals surface area contributed by atoms with E-state index in [0.717, 1.165) is 18.8 Å². The summed E-state index contributed by atoms with van der Waals surface area (Å²) in [6.45, 7) is 5.15. The summed E-state index contributed by atoms with van der Waals surface area (Å²) in [6.07, 6.45) is 0.309. The lowest BCUT2D eigenvalue weighted by Gasteiger charge is -2.32. The Morgan fingerprint density at radius 2 is 2.05 bits per heavy atom. The minimum absolute atomic E-state index is 0.0263.